The number of rotatable bonds is 3. The van der Waals surface area contributed by atoms with Crippen molar-refractivity contribution in [3.8, 4) is 0 Å². The Morgan fingerprint density at radius 1 is 1.21 bits per heavy atom. The van der Waals surface area contributed by atoms with Gasteiger partial charge in [0.05, 0.1) is 0 Å². The van der Waals surface area contributed by atoms with E-state index in [0.717, 1.165) is 0 Å². The lowest BCUT2D eigenvalue weighted by Crippen LogP contribution is -2.40. The van der Waals surface area contributed by atoms with Crippen LogP contribution >= 0.6 is 0 Å². The Balaban J connectivity index is 2.99. The summed E-state index contributed by atoms with van der Waals surface area (Å²) in [6, 6.07) is 7.03. The first-order chi connectivity index (χ1) is 6.52. The van der Waals surface area contributed by atoms with Crippen LogP contribution < -0.4 is 10.6 Å². The van der Waals surface area contributed by atoms with Crippen molar-refractivity contribution in [2.24, 2.45) is 0 Å². The average Bonchev–Trinajstić information content (AvgIpc) is 2.02. The molecule has 14 heavy (non-hydrogen) atoms. The fraction of sp³-hybridized carbons (Fsp3) is 0.400. The number of aliphatic hydroxyl groups is 2. The first-order valence-electron chi connectivity index (χ1n) is 4.52. The number of anilines is 2. The molecule has 1 aromatic carbocycles. The predicted molar refractivity (Wildman–Crippen MR) is 56.7 cm³/mol. The van der Waals surface area contributed by atoms with Gasteiger partial charge < -0.3 is 20.8 Å². The summed E-state index contributed by atoms with van der Waals surface area (Å²) >= 11 is 0. The second-order valence-electron chi connectivity index (χ2n) is 3.27. The van der Waals surface area contributed by atoms with Gasteiger partial charge in [-0.05, 0) is 32.0 Å². The second-order valence-corrected chi connectivity index (χ2v) is 3.27. The molecule has 0 saturated carbocycles. The van der Waals surface area contributed by atoms with E-state index in [1.165, 1.54) is 4.90 Å². The van der Waals surface area contributed by atoms with E-state index in [1.807, 2.05) is 0 Å². The molecule has 0 saturated heterocycles. The van der Waals surface area contributed by atoms with Gasteiger partial charge in [0.25, 0.3) is 0 Å². The third-order valence-corrected chi connectivity index (χ3v) is 1.97. The number of nitrogens with zero attached hydrogens (tertiary/aromatic N) is 1. The van der Waals surface area contributed by atoms with Crippen LogP contribution in [0.2, 0.25) is 0 Å². The highest BCUT2D eigenvalue weighted by Crippen LogP contribution is 2.20. The molecule has 0 amide bonds. The molecule has 2 atom stereocenters. The highest BCUT2D eigenvalue weighted by Gasteiger charge is 2.16. The van der Waals surface area contributed by atoms with E-state index in [2.05, 4.69) is 0 Å². The molecule has 4 nitrogen and oxygen atoms in total. The molecule has 0 aliphatic heterocycles. The molecule has 0 aliphatic rings. The van der Waals surface area contributed by atoms with Crippen LogP contribution in [0.3, 0.4) is 0 Å². The number of hydrogen-bond donors (Lipinski definition) is 3. The lowest BCUT2D eigenvalue weighted by molar-refractivity contribution is 0.105. The van der Waals surface area contributed by atoms with Gasteiger partial charge in [0, 0.05) is 11.4 Å². The van der Waals surface area contributed by atoms with Crippen molar-refractivity contribution in [1.82, 2.24) is 0 Å². The fourth-order valence-corrected chi connectivity index (χ4v) is 1.43. The van der Waals surface area contributed by atoms with E-state index in [9.17, 15) is 10.2 Å². The van der Waals surface area contributed by atoms with E-state index >= 15 is 0 Å². The van der Waals surface area contributed by atoms with Crippen LogP contribution in [0.15, 0.2) is 24.3 Å². The summed E-state index contributed by atoms with van der Waals surface area (Å²) in [5.74, 6) is 0. The summed E-state index contributed by atoms with van der Waals surface area (Å²) < 4.78 is 0. The Bertz CT molecular complexity index is 292. The van der Waals surface area contributed by atoms with Gasteiger partial charge in [-0.1, -0.05) is 6.07 Å². The molecule has 4 heteroatoms. The van der Waals surface area contributed by atoms with Crippen molar-refractivity contribution in [3.05, 3.63) is 24.3 Å². The van der Waals surface area contributed by atoms with Crippen molar-refractivity contribution in [1.29, 1.82) is 0 Å². The molecule has 78 valence electrons. The Hall–Kier alpha value is -1.26. The number of nitrogen functional groups attached to an aromatic ring is 1. The van der Waals surface area contributed by atoms with E-state index in [-0.39, 0.29) is 0 Å². The maximum absolute atomic E-state index is 9.45. The summed E-state index contributed by atoms with van der Waals surface area (Å²) in [6.45, 7) is 3.19. The molecular weight excluding hydrogens is 180 g/mol. The van der Waals surface area contributed by atoms with Crippen LogP contribution in [0.1, 0.15) is 13.8 Å². The lowest BCUT2D eigenvalue weighted by atomic mass is 10.2. The van der Waals surface area contributed by atoms with Crippen LogP contribution in [0, 0.1) is 0 Å². The van der Waals surface area contributed by atoms with Crippen molar-refractivity contribution < 1.29 is 10.2 Å². The summed E-state index contributed by atoms with van der Waals surface area (Å²) in [7, 11) is 0. The Labute approximate surface area is 83.6 Å². The zero-order chi connectivity index (χ0) is 10.7. The maximum Gasteiger partial charge on any atom is 0.126 e. The quantitative estimate of drug-likeness (QED) is 0.493. The largest absolute Gasteiger partial charge is 0.399 e. The standard InChI is InChI=1S/C10H16N2O2/c1-7(13)12(8(2)14)10-5-3-4-9(11)6-10/h3-8,13-14H,11H2,1-2H3. The van der Waals surface area contributed by atoms with E-state index < -0.39 is 12.5 Å². The molecule has 0 bridgehead atoms. The van der Waals surface area contributed by atoms with Crippen molar-refractivity contribution >= 4 is 11.4 Å². The monoisotopic (exact) mass is 196 g/mol. The van der Waals surface area contributed by atoms with Crippen LogP contribution in [0.5, 0.6) is 0 Å². The minimum absolute atomic E-state index is 0.605. The molecule has 0 heterocycles. The molecule has 0 aromatic heterocycles. The SMILES string of the molecule is CC(O)N(c1cccc(N)c1)C(C)O. The highest BCUT2D eigenvalue weighted by molar-refractivity contribution is 5.56. The van der Waals surface area contributed by atoms with E-state index in [4.69, 9.17) is 5.73 Å². The average molecular weight is 196 g/mol. The Kier molecular flexibility index (Phi) is 3.33. The van der Waals surface area contributed by atoms with Gasteiger partial charge in [0.2, 0.25) is 0 Å². The Morgan fingerprint density at radius 2 is 1.79 bits per heavy atom. The smallest absolute Gasteiger partial charge is 0.126 e. The van der Waals surface area contributed by atoms with Gasteiger partial charge in [-0.3, -0.25) is 0 Å². The molecule has 2 unspecified atom stereocenters. The van der Waals surface area contributed by atoms with E-state index in [1.54, 1.807) is 38.1 Å². The minimum Gasteiger partial charge on any atom is -0.399 e. The molecule has 0 radical (unpaired) electrons. The zero-order valence-electron chi connectivity index (χ0n) is 8.38. The van der Waals surface area contributed by atoms with Crippen molar-refractivity contribution in [2.45, 2.75) is 26.3 Å². The lowest BCUT2D eigenvalue weighted by Gasteiger charge is -2.30. The van der Waals surface area contributed by atoms with E-state index in [0.29, 0.717) is 11.4 Å². The number of nitrogens with two attached hydrogens (primary N) is 1. The van der Waals surface area contributed by atoms with Crippen molar-refractivity contribution in [3.63, 3.8) is 0 Å². The fourth-order valence-electron chi connectivity index (χ4n) is 1.43. The maximum atomic E-state index is 9.45. The van der Waals surface area contributed by atoms with Crippen LogP contribution in [0.4, 0.5) is 11.4 Å². The molecule has 0 aliphatic carbocycles. The molecule has 0 spiro atoms. The predicted octanol–water partition coefficient (Wildman–Crippen LogP) is 0.752. The summed E-state index contributed by atoms with van der Waals surface area (Å²) in [5.41, 5.74) is 6.92. The molecule has 4 N–H and O–H groups in total. The molecule has 1 rings (SSSR count). The third kappa shape index (κ3) is 2.37. The number of aliphatic hydroxyl groups excluding tert-OH is 2. The molecule has 1 aromatic rings. The van der Waals surface area contributed by atoms with Gasteiger partial charge in [0.15, 0.2) is 0 Å². The highest BCUT2D eigenvalue weighted by atomic mass is 16.3. The first-order valence-corrected chi connectivity index (χ1v) is 4.52. The topological polar surface area (TPSA) is 69.7 Å². The zero-order valence-corrected chi connectivity index (χ0v) is 8.38. The second kappa shape index (κ2) is 4.30. The third-order valence-electron chi connectivity index (χ3n) is 1.97. The first kappa shape index (κ1) is 10.8. The molecule has 0 fully saturated rings. The minimum atomic E-state index is -0.753. The van der Waals surface area contributed by atoms with Gasteiger partial charge >= 0.3 is 0 Å². The number of hydrogen-bond acceptors (Lipinski definition) is 4. The van der Waals surface area contributed by atoms with Gasteiger partial charge in [0.1, 0.15) is 12.5 Å². The van der Waals surface area contributed by atoms with Gasteiger partial charge in [-0.15, -0.1) is 0 Å². The van der Waals surface area contributed by atoms with Crippen LogP contribution in [0.25, 0.3) is 0 Å². The summed E-state index contributed by atoms with van der Waals surface area (Å²) in [4.78, 5) is 1.47. The summed E-state index contributed by atoms with van der Waals surface area (Å²) in [5, 5.41) is 18.9. The van der Waals surface area contributed by atoms with Gasteiger partial charge in [-0.2, -0.15) is 0 Å². The summed E-state index contributed by atoms with van der Waals surface area (Å²) in [6.07, 6.45) is -1.51. The molecular formula is C10H16N2O2. The number of benzene rings is 1. The normalized spacial score (nSPS) is 14.9. The van der Waals surface area contributed by atoms with Crippen molar-refractivity contribution in [2.75, 3.05) is 10.6 Å². The Morgan fingerprint density at radius 3 is 2.21 bits per heavy atom. The van der Waals surface area contributed by atoms with Crippen LogP contribution in [-0.2, 0) is 0 Å². The van der Waals surface area contributed by atoms with Crippen LogP contribution in [-0.4, -0.2) is 22.7 Å². The van der Waals surface area contributed by atoms with Gasteiger partial charge in [-0.25, -0.2) is 0 Å².